The molecule has 2 heteroatoms. The lowest BCUT2D eigenvalue weighted by Crippen LogP contribution is -2.05. The summed E-state index contributed by atoms with van der Waals surface area (Å²) in [6, 6.07) is 8.42. The van der Waals surface area contributed by atoms with Crippen LogP contribution in [0.2, 0.25) is 0 Å². The summed E-state index contributed by atoms with van der Waals surface area (Å²) in [7, 11) is 1.63. The summed E-state index contributed by atoms with van der Waals surface area (Å²) in [5.41, 5.74) is 0. The highest BCUT2D eigenvalue weighted by atomic mass is 16.5. The summed E-state index contributed by atoms with van der Waals surface area (Å²) in [5.74, 6) is 1.52. The molecule has 0 aromatic heterocycles. The minimum atomic E-state index is 0.174. The van der Waals surface area contributed by atoms with Crippen molar-refractivity contribution in [3.63, 3.8) is 0 Å². The summed E-state index contributed by atoms with van der Waals surface area (Å²) >= 11 is 0. The Morgan fingerprint density at radius 3 is 2.75 bits per heavy atom. The first-order valence-corrected chi connectivity index (χ1v) is 3.94. The van der Waals surface area contributed by atoms with Gasteiger partial charge in [0.1, 0.15) is 11.5 Å². The molecule has 2 nitrogen and oxygen atoms in total. The Labute approximate surface area is 73.1 Å². The van der Waals surface area contributed by atoms with Gasteiger partial charge in [0.25, 0.3) is 0 Å². The van der Waals surface area contributed by atoms with E-state index < -0.39 is 0 Å². The minimum Gasteiger partial charge on any atom is -0.497 e. The molecule has 0 amide bonds. The minimum absolute atomic E-state index is 0.174. The van der Waals surface area contributed by atoms with Gasteiger partial charge in [-0.3, -0.25) is 0 Å². The summed E-state index contributed by atoms with van der Waals surface area (Å²) < 4.78 is 10.5. The van der Waals surface area contributed by atoms with E-state index in [9.17, 15) is 0 Å². The lowest BCUT2D eigenvalue weighted by molar-refractivity contribution is 0.240. The van der Waals surface area contributed by atoms with Crippen molar-refractivity contribution >= 4 is 0 Å². The van der Waals surface area contributed by atoms with Crippen LogP contribution in [-0.4, -0.2) is 13.2 Å². The maximum atomic E-state index is 5.42. The van der Waals surface area contributed by atoms with E-state index in [1.54, 1.807) is 13.2 Å². The van der Waals surface area contributed by atoms with Crippen LogP contribution in [0.4, 0.5) is 0 Å². The zero-order valence-corrected chi connectivity index (χ0v) is 7.63. The average Bonchev–Trinajstić information content (AvgIpc) is 2.03. The molecule has 0 heterocycles. The van der Waals surface area contributed by atoms with Crippen LogP contribution < -0.4 is 9.47 Å². The van der Waals surface area contributed by atoms with Crippen molar-refractivity contribution in [3.05, 3.63) is 24.3 Å². The molecule has 0 saturated carbocycles. The second-order valence-corrected chi connectivity index (χ2v) is 2.76. The van der Waals surface area contributed by atoms with E-state index in [1.165, 1.54) is 0 Å². The Morgan fingerprint density at radius 1 is 1.42 bits per heavy atom. The molecular weight excluding hydrogens is 152 g/mol. The van der Waals surface area contributed by atoms with Crippen LogP contribution in [0.5, 0.6) is 11.5 Å². The second-order valence-electron chi connectivity index (χ2n) is 2.76. The Kier molecular flexibility index (Phi) is 2.97. The molecule has 0 N–H and O–H groups in total. The van der Waals surface area contributed by atoms with E-state index in [2.05, 4.69) is 6.07 Å². The third-order valence-corrected chi connectivity index (χ3v) is 1.34. The Balaban J connectivity index is 2.72. The van der Waals surface area contributed by atoms with Gasteiger partial charge < -0.3 is 9.47 Å². The third-order valence-electron chi connectivity index (χ3n) is 1.34. The van der Waals surface area contributed by atoms with Gasteiger partial charge in [-0.25, -0.2) is 0 Å². The van der Waals surface area contributed by atoms with Crippen molar-refractivity contribution in [2.45, 2.75) is 20.0 Å². The number of benzene rings is 1. The fraction of sp³-hybridized carbons (Fsp3) is 0.400. The SMILES string of the molecule is COc1cc[c]c(OC(C)C)c1. The molecule has 0 aliphatic heterocycles. The molecule has 0 atom stereocenters. The van der Waals surface area contributed by atoms with Crippen LogP contribution in [0.3, 0.4) is 0 Å². The molecule has 1 rings (SSSR count). The Bertz CT molecular complexity index is 243. The molecule has 0 fully saturated rings. The fourth-order valence-electron chi connectivity index (χ4n) is 0.874. The quantitative estimate of drug-likeness (QED) is 0.684. The monoisotopic (exact) mass is 165 g/mol. The number of rotatable bonds is 3. The maximum Gasteiger partial charge on any atom is 0.131 e. The van der Waals surface area contributed by atoms with E-state index in [-0.39, 0.29) is 6.10 Å². The number of methoxy groups -OCH3 is 1. The van der Waals surface area contributed by atoms with Gasteiger partial charge in [-0.05, 0) is 26.0 Å². The molecule has 0 spiro atoms. The lowest BCUT2D eigenvalue weighted by atomic mass is 10.3. The van der Waals surface area contributed by atoms with Gasteiger partial charge in [-0.2, -0.15) is 0 Å². The first-order valence-electron chi connectivity index (χ1n) is 3.94. The van der Waals surface area contributed by atoms with Gasteiger partial charge in [-0.15, -0.1) is 0 Å². The summed E-state index contributed by atoms with van der Waals surface area (Å²) in [6.07, 6.45) is 0.174. The summed E-state index contributed by atoms with van der Waals surface area (Å²) in [5, 5.41) is 0. The van der Waals surface area contributed by atoms with Crippen molar-refractivity contribution in [1.29, 1.82) is 0 Å². The number of hydrogen-bond acceptors (Lipinski definition) is 2. The predicted molar refractivity (Wildman–Crippen MR) is 47.6 cm³/mol. The molecule has 0 saturated heterocycles. The van der Waals surface area contributed by atoms with Crippen LogP contribution in [0, 0.1) is 6.07 Å². The molecule has 12 heavy (non-hydrogen) atoms. The van der Waals surface area contributed by atoms with Crippen LogP contribution in [0.25, 0.3) is 0 Å². The second kappa shape index (κ2) is 4.00. The van der Waals surface area contributed by atoms with Crippen molar-refractivity contribution in [1.82, 2.24) is 0 Å². The lowest BCUT2D eigenvalue weighted by Gasteiger charge is -2.09. The molecule has 1 aromatic rings. The highest BCUT2D eigenvalue weighted by Gasteiger charge is 1.98. The third kappa shape index (κ3) is 2.46. The van der Waals surface area contributed by atoms with Crippen molar-refractivity contribution < 1.29 is 9.47 Å². The maximum absolute atomic E-state index is 5.42. The zero-order chi connectivity index (χ0) is 8.97. The number of ether oxygens (including phenoxy) is 2. The predicted octanol–water partition coefficient (Wildman–Crippen LogP) is 2.28. The van der Waals surface area contributed by atoms with E-state index in [0.29, 0.717) is 0 Å². The molecule has 0 aliphatic rings. The van der Waals surface area contributed by atoms with Gasteiger partial charge in [-0.1, -0.05) is 0 Å². The van der Waals surface area contributed by atoms with Crippen LogP contribution in [-0.2, 0) is 0 Å². The smallest absolute Gasteiger partial charge is 0.131 e. The molecule has 65 valence electrons. The largest absolute Gasteiger partial charge is 0.497 e. The normalized spacial score (nSPS) is 10.0. The van der Waals surface area contributed by atoms with Crippen molar-refractivity contribution in [3.8, 4) is 11.5 Å². The van der Waals surface area contributed by atoms with E-state index >= 15 is 0 Å². The standard InChI is InChI=1S/C10H13O2/c1-8(2)12-10-6-4-5-9(7-10)11-3/h4-5,7-8H,1-3H3. The fourth-order valence-corrected chi connectivity index (χ4v) is 0.874. The Hall–Kier alpha value is -1.18. The van der Waals surface area contributed by atoms with Crippen LogP contribution in [0.15, 0.2) is 18.2 Å². The van der Waals surface area contributed by atoms with Gasteiger partial charge in [0.2, 0.25) is 0 Å². The van der Waals surface area contributed by atoms with Crippen LogP contribution >= 0.6 is 0 Å². The van der Waals surface area contributed by atoms with Gasteiger partial charge in [0.15, 0.2) is 0 Å². The molecule has 0 unspecified atom stereocenters. The molecule has 1 radical (unpaired) electrons. The van der Waals surface area contributed by atoms with E-state index in [4.69, 9.17) is 9.47 Å². The zero-order valence-electron chi connectivity index (χ0n) is 7.63. The van der Waals surface area contributed by atoms with E-state index in [0.717, 1.165) is 11.5 Å². The topological polar surface area (TPSA) is 18.5 Å². The molecule has 0 aliphatic carbocycles. The average molecular weight is 165 g/mol. The summed E-state index contributed by atoms with van der Waals surface area (Å²) in [6.45, 7) is 3.96. The highest BCUT2D eigenvalue weighted by Crippen LogP contribution is 2.18. The van der Waals surface area contributed by atoms with Gasteiger partial charge >= 0.3 is 0 Å². The first-order chi connectivity index (χ1) is 5.72. The van der Waals surface area contributed by atoms with Crippen molar-refractivity contribution in [2.75, 3.05) is 7.11 Å². The first kappa shape index (κ1) is 8.91. The molecular formula is C10H13O2. The van der Waals surface area contributed by atoms with Crippen molar-refractivity contribution in [2.24, 2.45) is 0 Å². The van der Waals surface area contributed by atoms with E-state index in [1.807, 2.05) is 26.0 Å². The van der Waals surface area contributed by atoms with Gasteiger partial charge in [0, 0.05) is 12.1 Å². The molecule has 0 bridgehead atoms. The molecule has 1 aromatic carbocycles. The Morgan fingerprint density at radius 2 is 2.17 bits per heavy atom. The number of hydrogen-bond donors (Lipinski definition) is 0. The van der Waals surface area contributed by atoms with Crippen LogP contribution in [0.1, 0.15) is 13.8 Å². The highest BCUT2D eigenvalue weighted by molar-refractivity contribution is 5.31. The summed E-state index contributed by atoms with van der Waals surface area (Å²) in [4.78, 5) is 0. The van der Waals surface area contributed by atoms with Gasteiger partial charge in [0.05, 0.1) is 13.2 Å².